The minimum absolute atomic E-state index is 0.160. The van der Waals surface area contributed by atoms with Crippen molar-refractivity contribution in [3.8, 4) is 0 Å². The van der Waals surface area contributed by atoms with Gasteiger partial charge in [-0.2, -0.15) is 10.2 Å². The highest BCUT2D eigenvalue weighted by Crippen LogP contribution is 2.23. The Kier molecular flexibility index (Phi) is 6.89. The largest absolute Gasteiger partial charge is 0.289 e. The van der Waals surface area contributed by atoms with Crippen molar-refractivity contribution >= 4 is 67.9 Å². The van der Waals surface area contributed by atoms with Gasteiger partial charge in [-0.1, -0.05) is 60.7 Å². The van der Waals surface area contributed by atoms with Crippen molar-refractivity contribution in [2.45, 2.75) is 0 Å². The van der Waals surface area contributed by atoms with Crippen LogP contribution in [-0.2, 0) is 0 Å². The highest BCUT2D eigenvalue weighted by atomic mass is 16.2. The lowest BCUT2D eigenvalue weighted by molar-refractivity contribution is 0.0942. The van der Waals surface area contributed by atoms with Crippen molar-refractivity contribution in [3.05, 3.63) is 132 Å². The summed E-state index contributed by atoms with van der Waals surface area (Å²) in [7, 11) is 0. The molecule has 0 aliphatic heterocycles. The van der Waals surface area contributed by atoms with Crippen LogP contribution in [0, 0.1) is 0 Å². The fraction of sp³-hybridized carbons (Fsp3) is 0. The average Bonchev–Trinajstić information content (AvgIpc) is 3.07. The van der Waals surface area contributed by atoms with Crippen LogP contribution in [0.15, 0.2) is 120 Å². The number of carbonyl (C=O) groups excluding carboxylic acids is 2. The summed E-state index contributed by atoms with van der Waals surface area (Å²) < 4.78 is 0. The minimum atomic E-state index is -0.481. The molecule has 210 valence electrons. The molecule has 0 saturated heterocycles. The molecule has 3 aromatic carbocycles. The third kappa shape index (κ3) is 5.19. The third-order valence-corrected chi connectivity index (χ3v) is 7.09. The molecule has 7 aromatic rings. The third-order valence-electron chi connectivity index (χ3n) is 7.09. The van der Waals surface area contributed by atoms with E-state index in [0.29, 0.717) is 11.0 Å². The van der Waals surface area contributed by atoms with Gasteiger partial charge in [-0.3, -0.25) is 19.6 Å². The van der Waals surface area contributed by atoms with Crippen LogP contribution in [-0.4, -0.2) is 44.2 Å². The van der Waals surface area contributed by atoms with E-state index in [2.05, 4.69) is 41.0 Å². The lowest BCUT2D eigenvalue weighted by Gasteiger charge is -2.07. The molecular weight excluding hydrogens is 552 g/mol. The van der Waals surface area contributed by atoms with E-state index in [9.17, 15) is 9.59 Å². The van der Waals surface area contributed by atoms with Gasteiger partial charge in [-0.15, -0.1) is 0 Å². The van der Waals surface area contributed by atoms with Gasteiger partial charge in [0.2, 0.25) is 0 Å². The molecular formula is C34H22N8O2. The first-order chi connectivity index (χ1) is 21.6. The Morgan fingerprint density at radius 3 is 1.45 bits per heavy atom. The van der Waals surface area contributed by atoms with Gasteiger partial charge < -0.3 is 0 Å². The molecule has 7 rings (SSSR count). The molecule has 2 N–H and O–H groups in total. The number of nitrogens with one attached hydrogen (secondary N) is 2. The van der Waals surface area contributed by atoms with E-state index in [-0.39, 0.29) is 11.4 Å². The maximum Gasteiger partial charge on any atom is 0.289 e. The monoisotopic (exact) mass is 574 g/mol. The van der Waals surface area contributed by atoms with Crippen LogP contribution < -0.4 is 10.9 Å². The average molecular weight is 575 g/mol. The number of hydrazone groups is 2. The number of fused-ring (bicyclic) bond motifs is 5. The topological polar surface area (TPSA) is 134 Å². The zero-order valence-electron chi connectivity index (χ0n) is 23.0. The maximum absolute atomic E-state index is 13.0. The van der Waals surface area contributed by atoms with E-state index in [1.165, 1.54) is 0 Å². The molecule has 0 spiro atoms. The minimum Gasteiger partial charge on any atom is -0.266 e. The summed E-state index contributed by atoms with van der Waals surface area (Å²) in [6.07, 6.45) is 6.53. The Morgan fingerprint density at radius 1 is 0.545 bits per heavy atom. The first-order valence-corrected chi connectivity index (χ1v) is 13.7. The summed E-state index contributed by atoms with van der Waals surface area (Å²) in [6.45, 7) is 0. The molecule has 0 saturated carbocycles. The van der Waals surface area contributed by atoms with Crippen molar-refractivity contribution in [3.63, 3.8) is 0 Å². The molecule has 0 bridgehead atoms. The second kappa shape index (κ2) is 11.5. The summed E-state index contributed by atoms with van der Waals surface area (Å²) in [5, 5.41) is 11.7. The van der Waals surface area contributed by atoms with Gasteiger partial charge in [0.05, 0.1) is 34.5 Å². The lowest BCUT2D eigenvalue weighted by atomic mass is 10.1. The van der Waals surface area contributed by atoms with E-state index in [1.807, 2.05) is 72.8 Å². The highest BCUT2D eigenvalue weighted by molar-refractivity contribution is 6.07. The van der Waals surface area contributed by atoms with Crippen LogP contribution in [0.1, 0.15) is 32.1 Å². The SMILES string of the molecule is O=C(NN=Cc1ccnc2ccccc12)c1ccc2ccc3ccc(C(=O)NN=Cc4ccnc5ccccc45)nc3c2n1. The van der Waals surface area contributed by atoms with Crippen molar-refractivity contribution < 1.29 is 9.59 Å². The quantitative estimate of drug-likeness (QED) is 0.155. The molecule has 0 radical (unpaired) electrons. The molecule has 10 heteroatoms. The predicted octanol–water partition coefficient (Wildman–Crippen LogP) is 5.41. The first kappa shape index (κ1) is 26.5. The molecule has 0 unspecified atom stereocenters. The fourth-order valence-electron chi connectivity index (χ4n) is 4.92. The smallest absolute Gasteiger partial charge is 0.266 e. The summed E-state index contributed by atoms with van der Waals surface area (Å²) >= 11 is 0. The molecule has 2 amide bonds. The Morgan fingerprint density at radius 2 is 0.977 bits per heavy atom. The fourth-order valence-corrected chi connectivity index (χ4v) is 4.92. The van der Waals surface area contributed by atoms with Crippen LogP contribution in [0.25, 0.3) is 43.6 Å². The Bertz CT molecular complexity index is 2130. The maximum atomic E-state index is 13.0. The van der Waals surface area contributed by atoms with E-state index < -0.39 is 11.8 Å². The Hall–Kier alpha value is -6.42. The normalized spacial score (nSPS) is 11.6. The summed E-state index contributed by atoms with van der Waals surface area (Å²) in [5.74, 6) is -0.962. The van der Waals surface area contributed by atoms with E-state index in [0.717, 1.165) is 43.7 Å². The van der Waals surface area contributed by atoms with Crippen LogP contribution >= 0.6 is 0 Å². The molecule has 0 atom stereocenters. The first-order valence-electron chi connectivity index (χ1n) is 13.7. The van der Waals surface area contributed by atoms with Gasteiger partial charge in [0, 0.05) is 45.1 Å². The van der Waals surface area contributed by atoms with Crippen LogP contribution in [0.4, 0.5) is 0 Å². The Labute approximate surface area is 250 Å². The highest BCUT2D eigenvalue weighted by Gasteiger charge is 2.13. The lowest BCUT2D eigenvalue weighted by Crippen LogP contribution is -2.19. The number of para-hydroxylation sites is 2. The van der Waals surface area contributed by atoms with Gasteiger partial charge >= 0.3 is 0 Å². The molecule has 0 fully saturated rings. The number of nitrogens with zero attached hydrogens (tertiary/aromatic N) is 6. The molecule has 0 aliphatic carbocycles. The van der Waals surface area contributed by atoms with Gasteiger partial charge in [-0.05, 0) is 36.4 Å². The molecule has 0 aliphatic rings. The zero-order chi connectivity index (χ0) is 29.9. The van der Waals surface area contributed by atoms with Crippen LogP contribution in [0.3, 0.4) is 0 Å². The van der Waals surface area contributed by atoms with E-state index >= 15 is 0 Å². The zero-order valence-corrected chi connectivity index (χ0v) is 23.0. The summed E-state index contributed by atoms with van der Waals surface area (Å²) in [6, 6.07) is 29.6. The van der Waals surface area contributed by atoms with Gasteiger partial charge in [0.1, 0.15) is 11.4 Å². The van der Waals surface area contributed by atoms with Crippen LogP contribution in [0.5, 0.6) is 0 Å². The number of carbonyl (C=O) groups is 2. The number of aromatic nitrogens is 4. The predicted molar refractivity (Wildman–Crippen MR) is 171 cm³/mol. The number of pyridine rings is 4. The second-order valence-electron chi connectivity index (χ2n) is 9.83. The van der Waals surface area contributed by atoms with Crippen molar-refractivity contribution in [1.82, 2.24) is 30.8 Å². The van der Waals surface area contributed by atoms with Crippen LogP contribution in [0.2, 0.25) is 0 Å². The number of rotatable bonds is 6. The number of benzene rings is 3. The number of amides is 2. The Balaban J connectivity index is 1.12. The van der Waals surface area contributed by atoms with Gasteiger partial charge in [-0.25, -0.2) is 20.8 Å². The second-order valence-corrected chi connectivity index (χ2v) is 9.83. The van der Waals surface area contributed by atoms with Gasteiger partial charge in [0.15, 0.2) is 0 Å². The standard InChI is InChI=1S/C34H22N8O2/c43-33(41-37-19-23-15-17-35-27-7-3-1-5-25(23)27)29-13-11-21-9-10-22-12-14-30(40-32(22)31(21)39-29)34(44)42-38-20-24-16-18-36-28-8-4-2-6-26(24)28/h1-20H,(H,41,43)(H,42,44). The van der Waals surface area contributed by atoms with Crippen molar-refractivity contribution in [1.29, 1.82) is 0 Å². The molecule has 44 heavy (non-hydrogen) atoms. The number of hydrogen-bond acceptors (Lipinski definition) is 8. The van der Waals surface area contributed by atoms with E-state index in [1.54, 1.807) is 49.1 Å². The summed E-state index contributed by atoms with van der Waals surface area (Å²) in [4.78, 5) is 43.8. The van der Waals surface area contributed by atoms with Crippen molar-refractivity contribution in [2.24, 2.45) is 10.2 Å². The number of hydrogen-bond donors (Lipinski definition) is 2. The van der Waals surface area contributed by atoms with Gasteiger partial charge in [0.25, 0.3) is 11.8 Å². The van der Waals surface area contributed by atoms with E-state index in [4.69, 9.17) is 0 Å². The molecule has 10 nitrogen and oxygen atoms in total. The van der Waals surface area contributed by atoms with Crippen molar-refractivity contribution in [2.75, 3.05) is 0 Å². The molecule has 4 heterocycles. The summed E-state index contributed by atoms with van der Waals surface area (Å²) in [5.41, 5.74) is 9.69. The molecule has 4 aromatic heterocycles.